The molecule has 0 saturated carbocycles. The average Bonchev–Trinajstić information content (AvgIpc) is 2.37. The van der Waals surface area contributed by atoms with Crippen molar-refractivity contribution in [3.63, 3.8) is 0 Å². The fourth-order valence-corrected chi connectivity index (χ4v) is 3.36. The third kappa shape index (κ3) is 5.89. The highest BCUT2D eigenvalue weighted by atomic mass is 32.2. The van der Waals surface area contributed by atoms with Gasteiger partial charge >= 0.3 is 7.82 Å². The summed E-state index contributed by atoms with van der Waals surface area (Å²) in [6, 6.07) is 3.34. The Kier molecular flexibility index (Phi) is 7.69. The first-order valence-electron chi connectivity index (χ1n) is 6.12. The minimum absolute atomic E-state index is 0.0682. The molecule has 0 aliphatic heterocycles. The molecule has 0 aliphatic rings. The van der Waals surface area contributed by atoms with Crippen molar-refractivity contribution >= 4 is 19.6 Å². The van der Waals surface area contributed by atoms with Crippen LogP contribution in [0.1, 0.15) is 13.8 Å². The van der Waals surface area contributed by atoms with Gasteiger partial charge in [0.1, 0.15) is 11.6 Å². The van der Waals surface area contributed by atoms with Crippen molar-refractivity contribution in [2.24, 2.45) is 0 Å². The monoisotopic (exact) mass is 326 g/mol. The zero-order valence-corrected chi connectivity index (χ0v) is 13.0. The molecule has 0 aliphatic carbocycles. The number of benzene rings is 1. The van der Waals surface area contributed by atoms with E-state index in [4.69, 9.17) is 13.6 Å². The molecule has 20 heavy (non-hydrogen) atoms. The van der Waals surface area contributed by atoms with Crippen LogP contribution < -0.4 is 0 Å². The van der Waals surface area contributed by atoms with E-state index in [1.54, 1.807) is 13.8 Å². The van der Waals surface area contributed by atoms with Crippen molar-refractivity contribution < 1.29 is 26.9 Å². The van der Waals surface area contributed by atoms with E-state index in [1.807, 2.05) is 0 Å². The number of phosphoric acid groups is 1. The van der Waals surface area contributed by atoms with Crippen molar-refractivity contribution in [1.29, 1.82) is 0 Å². The molecular weight excluding hydrogens is 309 g/mol. The zero-order valence-electron chi connectivity index (χ0n) is 11.3. The summed E-state index contributed by atoms with van der Waals surface area (Å²) in [5.74, 6) is -0.916. The first-order chi connectivity index (χ1) is 9.50. The van der Waals surface area contributed by atoms with E-state index < -0.39 is 19.5 Å². The minimum Gasteiger partial charge on any atom is -0.287 e. The van der Waals surface area contributed by atoms with Gasteiger partial charge < -0.3 is 0 Å². The quantitative estimate of drug-likeness (QED) is 0.385. The van der Waals surface area contributed by atoms with Gasteiger partial charge in [-0.05, 0) is 26.0 Å². The summed E-state index contributed by atoms with van der Waals surface area (Å²) < 4.78 is 53.0. The standard InChI is InChI=1S/C12H17F2O4PS/c1-3-16-19(15,17-4-2)18-7-8-20-12-6-5-10(13)9-11(12)14/h5-6,9H,3-4,7-8H2,1-2H3. The van der Waals surface area contributed by atoms with E-state index in [2.05, 4.69) is 0 Å². The molecule has 0 atom stereocenters. The van der Waals surface area contributed by atoms with E-state index >= 15 is 0 Å². The highest BCUT2D eigenvalue weighted by Crippen LogP contribution is 2.49. The zero-order chi connectivity index (χ0) is 15.0. The third-order valence-electron chi connectivity index (χ3n) is 2.06. The number of phosphoric ester groups is 1. The molecule has 0 N–H and O–H groups in total. The molecule has 0 bridgehead atoms. The smallest absolute Gasteiger partial charge is 0.287 e. The van der Waals surface area contributed by atoms with Crippen LogP contribution in [-0.2, 0) is 18.1 Å². The van der Waals surface area contributed by atoms with E-state index in [0.29, 0.717) is 10.6 Å². The largest absolute Gasteiger partial charge is 0.474 e. The van der Waals surface area contributed by atoms with Gasteiger partial charge in [-0.15, -0.1) is 11.8 Å². The molecule has 0 unspecified atom stereocenters. The molecule has 1 aromatic carbocycles. The second kappa shape index (κ2) is 8.74. The lowest BCUT2D eigenvalue weighted by molar-refractivity contribution is 0.127. The number of halogens is 2. The molecule has 1 rings (SSSR count). The van der Waals surface area contributed by atoms with Crippen molar-refractivity contribution in [3.8, 4) is 0 Å². The Morgan fingerprint density at radius 3 is 2.35 bits per heavy atom. The maximum atomic E-state index is 13.3. The van der Waals surface area contributed by atoms with Crippen LogP contribution in [0, 0.1) is 11.6 Å². The van der Waals surface area contributed by atoms with Crippen LogP contribution in [0.3, 0.4) is 0 Å². The Hall–Kier alpha value is -0.460. The highest BCUT2D eigenvalue weighted by molar-refractivity contribution is 7.99. The number of rotatable bonds is 9. The molecule has 4 nitrogen and oxygen atoms in total. The lowest BCUT2D eigenvalue weighted by Crippen LogP contribution is -2.03. The Bertz CT molecular complexity index is 463. The van der Waals surface area contributed by atoms with E-state index in [-0.39, 0.29) is 19.8 Å². The van der Waals surface area contributed by atoms with Crippen LogP contribution in [0.4, 0.5) is 8.78 Å². The lowest BCUT2D eigenvalue weighted by atomic mass is 10.3. The first-order valence-corrected chi connectivity index (χ1v) is 8.57. The van der Waals surface area contributed by atoms with E-state index in [0.717, 1.165) is 17.8 Å². The maximum absolute atomic E-state index is 13.3. The molecule has 0 spiro atoms. The molecule has 114 valence electrons. The number of thioether (sulfide) groups is 1. The Labute approximate surface area is 121 Å². The molecule has 0 heterocycles. The fraction of sp³-hybridized carbons (Fsp3) is 0.500. The van der Waals surface area contributed by atoms with Crippen molar-refractivity contribution in [2.75, 3.05) is 25.6 Å². The highest BCUT2D eigenvalue weighted by Gasteiger charge is 2.24. The number of hydrogen-bond acceptors (Lipinski definition) is 5. The third-order valence-corrected chi connectivity index (χ3v) is 4.72. The topological polar surface area (TPSA) is 44.8 Å². The van der Waals surface area contributed by atoms with Gasteiger partial charge in [0.15, 0.2) is 0 Å². The Morgan fingerprint density at radius 2 is 1.80 bits per heavy atom. The molecule has 0 saturated heterocycles. The van der Waals surface area contributed by atoms with Gasteiger partial charge in [-0.1, -0.05) is 0 Å². The van der Waals surface area contributed by atoms with Gasteiger partial charge in [-0.2, -0.15) is 0 Å². The van der Waals surface area contributed by atoms with Crippen LogP contribution in [0.2, 0.25) is 0 Å². The summed E-state index contributed by atoms with van der Waals surface area (Å²) in [5, 5.41) is 0. The van der Waals surface area contributed by atoms with Crippen LogP contribution in [-0.4, -0.2) is 25.6 Å². The van der Waals surface area contributed by atoms with Gasteiger partial charge in [-0.3, -0.25) is 13.6 Å². The Morgan fingerprint density at radius 1 is 1.15 bits per heavy atom. The molecular formula is C12H17F2O4PS. The minimum atomic E-state index is -3.53. The number of hydrogen-bond donors (Lipinski definition) is 0. The van der Waals surface area contributed by atoms with Crippen molar-refractivity contribution in [1.82, 2.24) is 0 Å². The molecule has 0 fully saturated rings. The molecule has 0 radical (unpaired) electrons. The van der Waals surface area contributed by atoms with Crippen molar-refractivity contribution in [3.05, 3.63) is 29.8 Å². The molecule has 0 aromatic heterocycles. The van der Waals surface area contributed by atoms with Gasteiger partial charge in [-0.25, -0.2) is 13.3 Å². The average molecular weight is 326 g/mol. The van der Waals surface area contributed by atoms with Crippen LogP contribution in [0.5, 0.6) is 0 Å². The molecule has 1 aromatic rings. The van der Waals surface area contributed by atoms with Crippen LogP contribution >= 0.6 is 19.6 Å². The summed E-state index contributed by atoms with van der Waals surface area (Å²) in [7, 11) is -3.53. The Balaban J connectivity index is 2.42. The predicted molar refractivity (Wildman–Crippen MR) is 73.9 cm³/mol. The fourth-order valence-electron chi connectivity index (χ4n) is 1.32. The summed E-state index contributed by atoms with van der Waals surface area (Å²) in [6.07, 6.45) is 0. The normalized spacial score (nSPS) is 11.8. The molecule has 0 amide bonds. The van der Waals surface area contributed by atoms with Gasteiger partial charge in [0.2, 0.25) is 0 Å². The van der Waals surface area contributed by atoms with Crippen LogP contribution in [0.15, 0.2) is 23.1 Å². The van der Waals surface area contributed by atoms with Crippen molar-refractivity contribution in [2.45, 2.75) is 18.7 Å². The summed E-state index contributed by atoms with van der Waals surface area (Å²) in [6.45, 7) is 3.84. The summed E-state index contributed by atoms with van der Waals surface area (Å²) in [4.78, 5) is 0.303. The van der Waals surface area contributed by atoms with Crippen LogP contribution in [0.25, 0.3) is 0 Å². The van der Waals surface area contributed by atoms with Gasteiger partial charge in [0.25, 0.3) is 0 Å². The first kappa shape index (κ1) is 17.6. The maximum Gasteiger partial charge on any atom is 0.474 e. The lowest BCUT2D eigenvalue weighted by Gasteiger charge is -2.16. The predicted octanol–water partition coefficient (Wildman–Crippen LogP) is 4.25. The SMILES string of the molecule is CCOP(=O)(OCC)OCCSc1ccc(F)cc1F. The van der Waals surface area contributed by atoms with E-state index in [9.17, 15) is 13.3 Å². The van der Waals surface area contributed by atoms with Gasteiger partial charge in [0.05, 0.1) is 19.8 Å². The van der Waals surface area contributed by atoms with Gasteiger partial charge in [0, 0.05) is 16.7 Å². The van der Waals surface area contributed by atoms with E-state index in [1.165, 1.54) is 12.1 Å². The summed E-state index contributed by atoms with van der Waals surface area (Å²) >= 11 is 1.13. The second-order valence-electron chi connectivity index (χ2n) is 3.54. The second-order valence-corrected chi connectivity index (χ2v) is 6.34. The summed E-state index contributed by atoms with van der Waals surface area (Å²) in [5.41, 5.74) is 0. The molecule has 8 heteroatoms.